The molecule has 0 radical (unpaired) electrons. The largest absolute Gasteiger partial charge is 0.495 e. The molecule has 1 fully saturated rings. The maximum absolute atomic E-state index is 12.5. The molecular weight excluding hydrogens is 464 g/mol. The Morgan fingerprint density at radius 2 is 1.85 bits per heavy atom. The van der Waals surface area contributed by atoms with Gasteiger partial charge < -0.3 is 24.4 Å². The van der Waals surface area contributed by atoms with Gasteiger partial charge in [0.05, 0.1) is 30.4 Å². The average Bonchev–Trinajstić information content (AvgIpc) is 3.19. The Bertz CT molecular complexity index is 1090. The number of methoxy groups -OCH3 is 1. The molecule has 10 heteroatoms. The third-order valence-corrected chi connectivity index (χ3v) is 5.23. The number of esters is 2. The number of hydrogen-bond acceptors (Lipinski definition) is 7. The first kappa shape index (κ1) is 25.0. The maximum atomic E-state index is 12.5. The summed E-state index contributed by atoms with van der Waals surface area (Å²) in [5.74, 6) is -2.24. The third kappa shape index (κ3) is 6.26. The fourth-order valence-electron chi connectivity index (χ4n) is 3.39. The summed E-state index contributed by atoms with van der Waals surface area (Å²) in [4.78, 5) is 50.6. The standard InChI is InChI=1S/C24H25ClN2O7/c1-14(2)34-24(31)15-4-7-18(8-5-15)27-12-16(10-22(27)29)23(30)33-13-21(28)26-19-11-17(25)6-9-20(19)32-3/h4-9,11,14,16H,10,12-13H2,1-3H3,(H,26,28)/t16-/m0/s1. The van der Waals surface area contributed by atoms with Gasteiger partial charge in [0, 0.05) is 23.7 Å². The van der Waals surface area contributed by atoms with Gasteiger partial charge in [-0.1, -0.05) is 11.6 Å². The lowest BCUT2D eigenvalue weighted by molar-refractivity contribution is -0.151. The van der Waals surface area contributed by atoms with Gasteiger partial charge in [-0.2, -0.15) is 0 Å². The molecule has 1 saturated heterocycles. The lowest BCUT2D eigenvalue weighted by Crippen LogP contribution is -2.28. The van der Waals surface area contributed by atoms with Crippen LogP contribution in [0.15, 0.2) is 42.5 Å². The van der Waals surface area contributed by atoms with E-state index in [-0.39, 0.29) is 25.0 Å². The smallest absolute Gasteiger partial charge is 0.338 e. The highest BCUT2D eigenvalue weighted by Gasteiger charge is 2.36. The van der Waals surface area contributed by atoms with Crippen molar-refractivity contribution in [3.8, 4) is 5.75 Å². The Balaban J connectivity index is 1.54. The fraction of sp³-hybridized carbons (Fsp3) is 0.333. The van der Waals surface area contributed by atoms with E-state index in [4.69, 9.17) is 25.8 Å². The van der Waals surface area contributed by atoms with Crippen LogP contribution in [0.5, 0.6) is 5.75 Å². The van der Waals surface area contributed by atoms with Crippen molar-refractivity contribution in [3.05, 3.63) is 53.1 Å². The summed E-state index contributed by atoms with van der Waals surface area (Å²) in [6, 6.07) is 11.1. The summed E-state index contributed by atoms with van der Waals surface area (Å²) in [6.07, 6.45) is -0.284. The van der Waals surface area contributed by atoms with Crippen molar-refractivity contribution in [2.75, 3.05) is 30.5 Å². The average molecular weight is 489 g/mol. The number of carbonyl (C=O) groups excluding carboxylic acids is 4. The molecule has 1 N–H and O–H groups in total. The summed E-state index contributed by atoms with van der Waals surface area (Å²) >= 11 is 5.94. The highest BCUT2D eigenvalue weighted by atomic mass is 35.5. The van der Waals surface area contributed by atoms with Crippen LogP contribution in [0.25, 0.3) is 0 Å². The van der Waals surface area contributed by atoms with Crippen LogP contribution in [0, 0.1) is 5.92 Å². The molecule has 0 saturated carbocycles. The Kier molecular flexibility index (Phi) is 8.12. The van der Waals surface area contributed by atoms with Gasteiger partial charge in [0.15, 0.2) is 6.61 Å². The molecule has 2 amide bonds. The van der Waals surface area contributed by atoms with Gasteiger partial charge in [0.1, 0.15) is 5.75 Å². The van der Waals surface area contributed by atoms with Gasteiger partial charge in [-0.15, -0.1) is 0 Å². The molecule has 0 bridgehead atoms. The summed E-state index contributed by atoms with van der Waals surface area (Å²) in [5, 5.41) is 2.98. The number of nitrogens with zero attached hydrogens (tertiary/aromatic N) is 1. The van der Waals surface area contributed by atoms with Gasteiger partial charge >= 0.3 is 11.9 Å². The van der Waals surface area contributed by atoms with Crippen molar-refractivity contribution in [1.82, 2.24) is 0 Å². The second-order valence-electron chi connectivity index (χ2n) is 7.91. The number of anilines is 2. The minimum absolute atomic E-state index is 0.0420. The molecule has 0 unspecified atom stereocenters. The summed E-state index contributed by atoms with van der Waals surface area (Å²) in [7, 11) is 1.45. The van der Waals surface area contributed by atoms with Crippen LogP contribution in [0.1, 0.15) is 30.6 Å². The Morgan fingerprint density at radius 1 is 1.15 bits per heavy atom. The number of amides is 2. The zero-order valence-corrected chi connectivity index (χ0v) is 19.8. The Morgan fingerprint density at radius 3 is 2.50 bits per heavy atom. The van der Waals surface area contributed by atoms with Crippen LogP contribution >= 0.6 is 11.6 Å². The SMILES string of the molecule is COc1ccc(Cl)cc1NC(=O)COC(=O)[C@H]1CC(=O)N(c2ccc(C(=O)OC(C)C)cc2)C1. The zero-order valence-electron chi connectivity index (χ0n) is 19.0. The van der Waals surface area contributed by atoms with Gasteiger partial charge in [0.2, 0.25) is 5.91 Å². The number of halogens is 1. The highest BCUT2D eigenvalue weighted by Crippen LogP contribution is 2.28. The van der Waals surface area contributed by atoms with E-state index in [2.05, 4.69) is 5.32 Å². The van der Waals surface area contributed by atoms with Crippen LogP contribution in [0.3, 0.4) is 0 Å². The highest BCUT2D eigenvalue weighted by molar-refractivity contribution is 6.31. The van der Waals surface area contributed by atoms with Gasteiger partial charge in [-0.3, -0.25) is 14.4 Å². The van der Waals surface area contributed by atoms with Crippen molar-refractivity contribution in [2.24, 2.45) is 5.92 Å². The molecule has 34 heavy (non-hydrogen) atoms. The third-order valence-electron chi connectivity index (χ3n) is 5.00. The van der Waals surface area contributed by atoms with E-state index in [9.17, 15) is 19.2 Å². The number of hydrogen-bond donors (Lipinski definition) is 1. The molecule has 0 aromatic heterocycles. The van der Waals surface area contributed by atoms with Crippen molar-refractivity contribution < 1.29 is 33.4 Å². The second-order valence-corrected chi connectivity index (χ2v) is 8.34. The minimum Gasteiger partial charge on any atom is -0.495 e. The molecule has 1 aliphatic rings. The Labute approximate surface area is 201 Å². The predicted molar refractivity (Wildman–Crippen MR) is 125 cm³/mol. The first-order chi connectivity index (χ1) is 16.2. The molecule has 1 aliphatic heterocycles. The number of ether oxygens (including phenoxy) is 3. The van der Waals surface area contributed by atoms with Crippen molar-refractivity contribution >= 4 is 46.7 Å². The number of nitrogens with one attached hydrogen (secondary N) is 1. The van der Waals surface area contributed by atoms with E-state index in [0.29, 0.717) is 27.7 Å². The van der Waals surface area contributed by atoms with Crippen LogP contribution in [0.4, 0.5) is 11.4 Å². The molecule has 9 nitrogen and oxygen atoms in total. The first-order valence-electron chi connectivity index (χ1n) is 10.6. The van der Waals surface area contributed by atoms with Crippen LogP contribution in [-0.4, -0.2) is 50.1 Å². The van der Waals surface area contributed by atoms with Crippen molar-refractivity contribution in [3.63, 3.8) is 0 Å². The molecular formula is C24H25ClN2O7. The molecule has 1 heterocycles. The normalized spacial score (nSPS) is 15.3. The van der Waals surface area contributed by atoms with Crippen molar-refractivity contribution in [1.29, 1.82) is 0 Å². The number of rotatable bonds is 8. The molecule has 2 aromatic carbocycles. The van der Waals surface area contributed by atoms with E-state index in [1.165, 1.54) is 18.1 Å². The first-order valence-corrected chi connectivity index (χ1v) is 11.0. The summed E-state index contributed by atoms with van der Waals surface area (Å²) in [6.45, 7) is 3.10. The Hall–Kier alpha value is -3.59. The lowest BCUT2D eigenvalue weighted by atomic mass is 10.1. The molecule has 2 aromatic rings. The topological polar surface area (TPSA) is 111 Å². The molecule has 0 spiro atoms. The van der Waals surface area contributed by atoms with E-state index >= 15 is 0 Å². The van der Waals surface area contributed by atoms with E-state index in [1.807, 2.05) is 0 Å². The molecule has 3 rings (SSSR count). The fourth-order valence-corrected chi connectivity index (χ4v) is 3.57. The molecule has 0 aliphatic carbocycles. The van der Waals surface area contributed by atoms with E-state index < -0.39 is 30.4 Å². The van der Waals surface area contributed by atoms with E-state index in [0.717, 1.165) is 0 Å². The monoisotopic (exact) mass is 488 g/mol. The lowest BCUT2D eigenvalue weighted by Gasteiger charge is -2.17. The van der Waals surface area contributed by atoms with Crippen LogP contribution < -0.4 is 15.0 Å². The van der Waals surface area contributed by atoms with Gasteiger partial charge in [-0.25, -0.2) is 4.79 Å². The molecule has 180 valence electrons. The number of carbonyl (C=O) groups is 4. The van der Waals surface area contributed by atoms with Gasteiger partial charge in [-0.05, 0) is 56.3 Å². The predicted octanol–water partition coefficient (Wildman–Crippen LogP) is 3.45. The summed E-state index contributed by atoms with van der Waals surface area (Å²) in [5.41, 5.74) is 1.26. The molecule has 1 atom stereocenters. The minimum atomic E-state index is -0.716. The second kappa shape index (κ2) is 11.0. The number of benzene rings is 2. The zero-order chi connectivity index (χ0) is 24.8. The van der Waals surface area contributed by atoms with Crippen molar-refractivity contribution in [2.45, 2.75) is 26.4 Å². The van der Waals surface area contributed by atoms with Crippen LogP contribution in [-0.2, 0) is 23.9 Å². The summed E-state index contributed by atoms with van der Waals surface area (Å²) < 4.78 is 15.4. The van der Waals surface area contributed by atoms with Gasteiger partial charge in [0.25, 0.3) is 5.91 Å². The quantitative estimate of drug-likeness (QED) is 0.566. The van der Waals surface area contributed by atoms with E-state index in [1.54, 1.807) is 50.2 Å². The maximum Gasteiger partial charge on any atom is 0.338 e. The van der Waals surface area contributed by atoms with Crippen LogP contribution in [0.2, 0.25) is 5.02 Å².